The molecule has 0 atom stereocenters. The lowest BCUT2D eigenvalue weighted by Gasteiger charge is -2.24. The molecule has 0 heterocycles. The Balaban J connectivity index is 0.00000225. The molecular weight excluding hydrogens is 394 g/mol. The minimum absolute atomic E-state index is 0. The van der Waals surface area contributed by atoms with E-state index in [4.69, 9.17) is 27.7 Å². The first-order valence-corrected chi connectivity index (χ1v) is 9.95. The van der Waals surface area contributed by atoms with Crippen molar-refractivity contribution < 1.29 is 16.9 Å². The quantitative estimate of drug-likeness (QED) is 0.464. The Bertz CT molecular complexity index is 707. The number of rotatable bonds is 5. The molecule has 128 valence electrons. The molecule has 0 N–H and O–H groups in total. The molecule has 0 radical (unpaired) electrons. The van der Waals surface area contributed by atoms with Crippen LogP contribution in [-0.2, 0) is 4.52 Å². The number of halogens is 3. The Morgan fingerprint density at radius 3 is 1.24 bits per heavy atom. The highest BCUT2D eigenvalue weighted by Crippen LogP contribution is 2.56. The Kier molecular flexibility index (Phi) is 7.35. The van der Waals surface area contributed by atoms with Crippen molar-refractivity contribution >= 4 is 46.6 Å². The third kappa shape index (κ3) is 4.37. The number of hydrogen-bond acceptors (Lipinski definition) is 1. The lowest BCUT2D eigenvalue weighted by Crippen LogP contribution is -3.00. The fourth-order valence-corrected chi connectivity index (χ4v) is 6.17. The Morgan fingerprint density at radius 1 is 0.640 bits per heavy atom. The van der Waals surface area contributed by atoms with Crippen molar-refractivity contribution in [3.8, 4) is 0 Å². The smallest absolute Gasteiger partial charge is 0.286 e. The molecule has 3 rings (SSSR count). The van der Waals surface area contributed by atoms with Crippen LogP contribution in [0, 0.1) is 0 Å². The zero-order valence-electron chi connectivity index (χ0n) is 13.2. The predicted octanol–water partition coefficient (Wildman–Crippen LogP) is 2.19. The van der Waals surface area contributed by atoms with Crippen LogP contribution in [0.15, 0.2) is 102 Å². The van der Waals surface area contributed by atoms with E-state index in [2.05, 4.69) is 36.4 Å². The van der Waals surface area contributed by atoms with Crippen LogP contribution in [0.3, 0.4) is 0 Å². The molecule has 0 aliphatic rings. The lowest BCUT2D eigenvalue weighted by atomic mass is 10.4. The van der Waals surface area contributed by atoms with Gasteiger partial charge in [0.05, 0.1) is 0 Å². The van der Waals surface area contributed by atoms with Crippen molar-refractivity contribution in [2.24, 2.45) is 0 Å². The van der Waals surface area contributed by atoms with Crippen LogP contribution in [-0.4, -0.2) is 0 Å². The molecule has 3 aromatic rings. The largest absolute Gasteiger partial charge is 1.00 e. The van der Waals surface area contributed by atoms with Crippen LogP contribution in [0.1, 0.15) is 0 Å². The zero-order chi connectivity index (χ0) is 16.8. The normalized spacial score (nSPS) is 10.5. The van der Waals surface area contributed by atoms with E-state index in [0.29, 0.717) is 0 Å². The average molecular weight is 410 g/mol. The summed E-state index contributed by atoms with van der Waals surface area (Å²) in [6.45, 7) is 0. The molecule has 5 heteroatoms. The molecule has 0 amide bonds. The van der Waals surface area contributed by atoms with Gasteiger partial charge in [0.2, 0.25) is 0 Å². The van der Waals surface area contributed by atoms with Gasteiger partial charge >= 0.3 is 0 Å². The maximum Gasteiger partial charge on any atom is 0.286 e. The van der Waals surface area contributed by atoms with E-state index in [1.807, 2.05) is 54.6 Å². The van der Waals surface area contributed by atoms with Crippen molar-refractivity contribution in [3.05, 3.63) is 102 Å². The van der Waals surface area contributed by atoms with Crippen molar-refractivity contribution in [1.82, 2.24) is 0 Å². The highest BCUT2D eigenvalue weighted by molar-refractivity contribution is 7.91. The molecule has 0 spiro atoms. The molecule has 0 bridgehead atoms. The SMILES string of the molecule is ClC(Cl)=CO[P+](c1ccccc1)(c1ccccc1)c1ccccc1.[Cl-]. The van der Waals surface area contributed by atoms with Gasteiger partial charge in [0.1, 0.15) is 20.4 Å². The predicted molar refractivity (Wildman–Crippen MR) is 106 cm³/mol. The summed E-state index contributed by atoms with van der Waals surface area (Å²) in [5, 5.41) is 3.31. The summed E-state index contributed by atoms with van der Waals surface area (Å²) in [6.07, 6.45) is 1.43. The van der Waals surface area contributed by atoms with Crippen molar-refractivity contribution in [2.45, 2.75) is 0 Å². The fourth-order valence-electron chi connectivity index (χ4n) is 2.66. The summed E-state index contributed by atoms with van der Waals surface area (Å²) in [4.78, 5) is 0. The van der Waals surface area contributed by atoms with E-state index in [-0.39, 0.29) is 16.9 Å². The lowest BCUT2D eigenvalue weighted by molar-refractivity contribution is -0.00000496. The first-order chi connectivity index (χ1) is 11.7. The van der Waals surface area contributed by atoms with Crippen LogP contribution in [0.2, 0.25) is 0 Å². The molecule has 0 fully saturated rings. The van der Waals surface area contributed by atoms with Gasteiger partial charge in [-0.3, -0.25) is 0 Å². The molecule has 0 saturated heterocycles. The van der Waals surface area contributed by atoms with Crippen molar-refractivity contribution in [1.29, 1.82) is 0 Å². The van der Waals surface area contributed by atoms with Gasteiger partial charge in [-0.2, -0.15) is 0 Å². The van der Waals surface area contributed by atoms with Gasteiger partial charge in [-0.1, -0.05) is 77.8 Å². The zero-order valence-corrected chi connectivity index (χ0v) is 16.4. The molecule has 1 nitrogen and oxygen atoms in total. The van der Waals surface area contributed by atoms with Crippen LogP contribution in [0.25, 0.3) is 0 Å². The molecule has 25 heavy (non-hydrogen) atoms. The molecule has 3 aromatic carbocycles. The minimum Gasteiger partial charge on any atom is -1.00 e. The Labute approximate surface area is 165 Å². The maximum atomic E-state index is 6.33. The molecule has 0 saturated carbocycles. The van der Waals surface area contributed by atoms with Crippen LogP contribution in [0.4, 0.5) is 0 Å². The molecule has 0 aromatic heterocycles. The fraction of sp³-hybridized carbons (Fsp3) is 0. The highest BCUT2D eigenvalue weighted by atomic mass is 35.5. The molecule has 0 aliphatic heterocycles. The van der Waals surface area contributed by atoms with Gasteiger partial charge < -0.3 is 16.9 Å². The van der Waals surface area contributed by atoms with E-state index in [9.17, 15) is 0 Å². The maximum absolute atomic E-state index is 6.33. The Hall–Kier alpha value is -1.50. The monoisotopic (exact) mass is 408 g/mol. The van der Waals surface area contributed by atoms with Crippen LogP contribution >= 0.6 is 30.7 Å². The van der Waals surface area contributed by atoms with E-state index < -0.39 is 7.49 Å². The van der Waals surface area contributed by atoms with Crippen LogP contribution < -0.4 is 28.3 Å². The second-order valence-electron chi connectivity index (χ2n) is 5.13. The molecule has 0 unspecified atom stereocenters. The van der Waals surface area contributed by atoms with Gasteiger partial charge in [-0.25, -0.2) is 0 Å². The van der Waals surface area contributed by atoms with Gasteiger partial charge in [-0.05, 0) is 36.4 Å². The topological polar surface area (TPSA) is 9.23 Å². The van der Waals surface area contributed by atoms with E-state index in [0.717, 1.165) is 15.9 Å². The highest BCUT2D eigenvalue weighted by Gasteiger charge is 2.48. The van der Waals surface area contributed by atoms with Crippen molar-refractivity contribution in [2.75, 3.05) is 0 Å². The van der Waals surface area contributed by atoms with E-state index >= 15 is 0 Å². The van der Waals surface area contributed by atoms with Gasteiger partial charge in [0.25, 0.3) is 7.49 Å². The second-order valence-corrected chi connectivity index (χ2v) is 9.12. The first kappa shape index (κ1) is 19.8. The standard InChI is InChI=1S/C20H16Cl2OP.ClH/c21-20(22)16-23-24(17-10-4-1-5-11-17,18-12-6-2-7-13-18)19-14-8-3-9-15-19;/h1-16H;1H/q+1;/p-1. The van der Waals surface area contributed by atoms with E-state index in [1.165, 1.54) is 6.26 Å². The summed E-state index contributed by atoms with van der Waals surface area (Å²) in [5.41, 5.74) is 0. The summed E-state index contributed by atoms with van der Waals surface area (Å²) >= 11 is 11.7. The van der Waals surface area contributed by atoms with E-state index in [1.54, 1.807) is 0 Å². The number of benzene rings is 3. The van der Waals surface area contributed by atoms with Crippen molar-refractivity contribution in [3.63, 3.8) is 0 Å². The van der Waals surface area contributed by atoms with Gasteiger partial charge in [0.15, 0.2) is 6.26 Å². The molecular formula is C20H16Cl3OP. The molecule has 0 aliphatic carbocycles. The summed E-state index contributed by atoms with van der Waals surface area (Å²) in [5.74, 6) is 0. The third-order valence-electron chi connectivity index (χ3n) is 3.66. The average Bonchev–Trinajstić information content (AvgIpc) is 2.65. The van der Waals surface area contributed by atoms with Gasteiger partial charge in [0, 0.05) is 0 Å². The van der Waals surface area contributed by atoms with Crippen LogP contribution in [0.5, 0.6) is 0 Å². The summed E-state index contributed by atoms with van der Waals surface area (Å²) < 4.78 is 6.43. The second kappa shape index (κ2) is 9.27. The minimum atomic E-state index is -2.35. The summed E-state index contributed by atoms with van der Waals surface area (Å²) in [6, 6.07) is 30.6. The summed E-state index contributed by atoms with van der Waals surface area (Å²) in [7, 11) is -2.35. The Morgan fingerprint density at radius 2 is 0.960 bits per heavy atom. The third-order valence-corrected chi connectivity index (χ3v) is 7.34. The number of hydrogen-bond donors (Lipinski definition) is 0. The first-order valence-electron chi connectivity index (χ1n) is 7.49. The van der Waals surface area contributed by atoms with Gasteiger partial charge in [-0.15, -0.1) is 0 Å².